The topological polar surface area (TPSA) is 64.4 Å². The molecule has 0 spiro atoms. The molecule has 3 rings (SSSR count). The minimum atomic E-state index is -0.119. The number of aromatic nitrogens is 1. The molecular formula is C18H16N2O3. The Kier molecular flexibility index (Phi) is 4.38. The molecule has 1 heterocycles. The third-order valence-corrected chi connectivity index (χ3v) is 3.16. The number of nitrogens with one attached hydrogen (secondary N) is 1. The van der Waals surface area contributed by atoms with Crippen molar-refractivity contribution in [2.45, 2.75) is 13.5 Å². The maximum atomic E-state index is 11.1. The monoisotopic (exact) mass is 308 g/mol. The minimum absolute atomic E-state index is 0.119. The Labute approximate surface area is 133 Å². The van der Waals surface area contributed by atoms with Crippen molar-refractivity contribution in [1.82, 2.24) is 5.16 Å². The lowest BCUT2D eigenvalue weighted by molar-refractivity contribution is -0.114. The summed E-state index contributed by atoms with van der Waals surface area (Å²) in [6, 6.07) is 18.8. The van der Waals surface area contributed by atoms with Crippen LogP contribution in [0.25, 0.3) is 11.3 Å². The van der Waals surface area contributed by atoms with E-state index < -0.39 is 0 Å². The standard InChI is InChI=1S/C18H16N2O3/c1-13(21)19-15-8-5-9-17(10-15)22-12-16-11-18(23-20-16)14-6-3-2-4-7-14/h2-11H,12H2,1H3,(H,19,21). The van der Waals surface area contributed by atoms with E-state index in [1.54, 1.807) is 12.1 Å². The molecule has 1 N–H and O–H groups in total. The average Bonchev–Trinajstić information content (AvgIpc) is 3.02. The van der Waals surface area contributed by atoms with Gasteiger partial charge in [-0.15, -0.1) is 0 Å². The number of hydrogen-bond donors (Lipinski definition) is 1. The molecule has 3 aromatic rings. The summed E-state index contributed by atoms with van der Waals surface area (Å²) < 4.78 is 11.0. The van der Waals surface area contributed by atoms with E-state index in [1.807, 2.05) is 48.5 Å². The maximum Gasteiger partial charge on any atom is 0.221 e. The summed E-state index contributed by atoms with van der Waals surface area (Å²) in [6.07, 6.45) is 0. The number of ether oxygens (including phenoxy) is 1. The van der Waals surface area contributed by atoms with Crippen molar-refractivity contribution in [3.8, 4) is 17.1 Å². The van der Waals surface area contributed by atoms with E-state index in [9.17, 15) is 4.79 Å². The number of amides is 1. The molecule has 23 heavy (non-hydrogen) atoms. The van der Waals surface area contributed by atoms with Crippen molar-refractivity contribution in [2.24, 2.45) is 0 Å². The first-order valence-electron chi connectivity index (χ1n) is 7.22. The van der Waals surface area contributed by atoms with E-state index in [2.05, 4.69) is 10.5 Å². The predicted octanol–water partition coefficient (Wildman–Crippen LogP) is 3.88. The summed E-state index contributed by atoms with van der Waals surface area (Å²) in [5, 5.41) is 6.72. The van der Waals surface area contributed by atoms with Crippen LogP contribution >= 0.6 is 0 Å². The normalized spacial score (nSPS) is 10.3. The van der Waals surface area contributed by atoms with Gasteiger partial charge in [-0.25, -0.2) is 0 Å². The number of rotatable bonds is 5. The number of hydrogen-bond acceptors (Lipinski definition) is 4. The second-order valence-corrected chi connectivity index (χ2v) is 5.05. The van der Waals surface area contributed by atoms with Crippen LogP contribution in [0.3, 0.4) is 0 Å². The number of carbonyl (C=O) groups is 1. The maximum absolute atomic E-state index is 11.1. The van der Waals surface area contributed by atoms with Gasteiger partial charge in [-0.3, -0.25) is 4.79 Å². The van der Waals surface area contributed by atoms with E-state index in [0.717, 1.165) is 5.56 Å². The average molecular weight is 308 g/mol. The first-order chi connectivity index (χ1) is 11.2. The lowest BCUT2D eigenvalue weighted by Crippen LogP contribution is -2.05. The molecule has 0 saturated heterocycles. The molecule has 5 nitrogen and oxygen atoms in total. The van der Waals surface area contributed by atoms with E-state index in [4.69, 9.17) is 9.26 Å². The van der Waals surface area contributed by atoms with Crippen LogP contribution in [0, 0.1) is 0 Å². The third-order valence-electron chi connectivity index (χ3n) is 3.16. The first kappa shape index (κ1) is 14.8. The molecular weight excluding hydrogens is 292 g/mol. The Balaban J connectivity index is 1.65. The summed E-state index contributed by atoms with van der Waals surface area (Å²) >= 11 is 0. The van der Waals surface area contributed by atoms with Crippen molar-refractivity contribution in [3.05, 3.63) is 66.4 Å². The SMILES string of the molecule is CC(=O)Nc1cccc(OCc2cc(-c3ccccc3)on2)c1. The first-order valence-corrected chi connectivity index (χ1v) is 7.22. The minimum Gasteiger partial charge on any atom is -0.487 e. The molecule has 0 bridgehead atoms. The van der Waals surface area contributed by atoms with Crippen molar-refractivity contribution < 1.29 is 14.1 Å². The van der Waals surface area contributed by atoms with Crippen LogP contribution in [0.5, 0.6) is 5.75 Å². The molecule has 1 aromatic heterocycles. The third kappa shape index (κ3) is 3.97. The molecule has 1 amide bonds. The van der Waals surface area contributed by atoms with Gasteiger partial charge in [0.1, 0.15) is 18.1 Å². The zero-order valence-corrected chi connectivity index (χ0v) is 12.7. The van der Waals surface area contributed by atoms with Crippen molar-refractivity contribution in [1.29, 1.82) is 0 Å². The quantitative estimate of drug-likeness (QED) is 0.777. The Hall–Kier alpha value is -3.08. The Morgan fingerprint density at radius 1 is 1.13 bits per heavy atom. The molecule has 116 valence electrons. The van der Waals surface area contributed by atoms with Gasteiger partial charge < -0.3 is 14.6 Å². The summed E-state index contributed by atoms with van der Waals surface area (Å²) in [6.45, 7) is 1.76. The highest BCUT2D eigenvalue weighted by molar-refractivity contribution is 5.88. The molecule has 0 radical (unpaired) electrons. The zero-order valence-electron chi connectivity index (χ0n) is 12.7. The summed E-state index contributed by atoms with van der Waals surface area (Å²) in [4.78, 5) is 11.1. The van der Waals surface area contributed by atoms with Crippen LogP contribution in [-0.4, -0.2) is 11.1 Å². The Morgan fingerprint density at radius 2 is 1.96 bits per heavy atom. The van der Waals surface area contributed by atoms with Crippen molar-refractivity contribution in [3.63, 3.8) is 0 Å². The second-order valence-electron chi connectivity index (χ2n) is 5.05. The van der Waals surface area contributed by atoms with Crippen LogP contribution in [-0.2, 0) is 11.4 Å². The molecule has 0 aliphatic heterocycles. The van der Waals surface area contributed by atoms with E-state index in [-0.39, 0.29) is 5.91 Å². The van der Waals surface area contributed by atoms with Crippen LogP contribution in [0.1, 0.15) is 12.6 Å². The van der Waals surface area contributed by atoms with Gasteiger partial charge in [0.05, 0.1) is 0 Å². The van der Waals surface area contributed by atoms with E-state index >= 15 is 0 Å². The van der Waals surface area contributed by atoms with Crippen LogP contribution in [0.15, 0.2) is 65.2 Å². The molecule has 0 aliphatic rings. The van der Waals surface area contributed by atoms with Crippen LogP contribution in [0.2, 0.25) is 0 Å². The Morgan fingerprint density at radius 3 is 2.74 bits per heavy atom. The second kappa shape index (κ2) is 6.79. The lowest BCUT2D eigenvalue weighted by atomic mass is 10.2. The van der Waals surface area contributed by atoms with Gasteiger partial charge in [0.25, 0.3) is 0 Å². The highest BCUT2D eigenvalue weighted by Gasteiger charge is 2.07. The number of anilines is 1. The molecule has 0 saturated carbocycles. The van der Waals surface area contributed by atoms with Crippen LogP contribution in [0.4, 0.5) is 5.69 Å². The fourth-order valence-electron chi connectivity index (χ4n) is 2.14. The summed E-state index contributed by atoms with van der Waals surface area (Å²) in [7, 11) is 0. The van der Waals surface area contributed by atoms with Gasteiger partial charge >= 0.3 is 0 Å². The summed E-state index contributed by atoms with van der Waals surface area (Å²) in [5.41, 5.74) is 2.37. The van der Waals surface area contributed by atoms with E-state index in [1.165, 1.54) is 6.92 Å². The van der Waals surface area contributed by atoms with Gasteiger partial charge in [0, 0.05) is 30.3 Å². The van der Waals surface area contributed by atoms with Gasteiger partial charge in [0.15, 0.2) is 5.76 Å². The largest absolute Gasteiger partial charge is 0.487 e. The van der Waals surface area contributed by atoms with Gasteiger partial charge in [0.2, 0.25) is 5.91 Å². The van der Waals surface area contributed by atoms with Crippen molar-refractivity contribution >= 4 is 11.6 Å². The zero-order chi connectivity index (χ0) is 16.1. The molecule has 0 unspecified atom stereocenters. The molecule has 0 fully saturated rings. The summed E-state index contributed by atoms with van der Waals surface area (Å²) in [5.74, 6) is 1.24. The Bertz CT molecular complexity index is 797. The smallest absolute Gasteiger partial charge is 0.221 e. The van der Waals surface area contributed by atoms with Crippen molar-refractivity contribution in [2.75, 3.05) is 5.32 Å². The number of nitrogens with zero attached hydrogens (tertiary/aromatic N) is 1. The van der Waals surface area contributed by atoms with Gasteiger partial charge in [-0.1, -0.05) is 41.6 Å². The molecule has 2 aromatic carbocycles. The fourth-order valence-corrected chi connectivity index (χ4v) is 2.14. The molecule has 0 atom stereocenters. The fraction of sp³-hybridized carbons (Fsp3) is 0.111. The van der Waals surface area contributed by atoms with E-state index in [0.29, 0.717) is 29.5 Å². The number of benzene rings is 2. The molecule has 0 aliphatic carbocycles. The predicted molar refractivity (Wildman–Crippen MR) is 87.0 cm³/mol. The van der Waals surface area contributed by atoms with Crippen LogP contribution < -0.4 is 10.1 Å². The lowest BCUT2D eigenvalue weighted by Gasteiger charge is -2.06. The number of carbonyl (C=O) groups excluding carboxylic acids is 1. The molecule has 5 heteroatoms. The highest BCUT2D eigenvalue weighted by atomic mass is 16.5. The van der Waals surface area contributed by atoms with Gasteiger partial charge in [-0.2, -0.15) is 0 Å². The highest BCUT2D eigenvalue weighted by Crippen LogP contribution is 2.22. The van der Waals surface area contributed by atoms with Gasteiger partial charge in [-0.05, 0) is 12.1 Å².